The van der Waals surface area contributed by atoms with Crippen LogP contribution < -0.4 is 10.9 Å². The predicted molar refractivity (Wildman–Crippen MR) is 141 cm³/mol. The number of nitrogens with one attached hydrogen (secondary N) is 2. The summed E-state index contributed by atoms with van der Waals surface area (Å²) in [5, 5.41) is 3.95. The number of H-pyrrole nitrogens is 1. The van der Waals surface area contributed by atoms with Crippen LogP contribution in [-0.4, -0.2) is 21.6 Å². The van der Waals surface area contributed by atoms with Crippen molar-refractivity contribution in [2.24, 2.45) is 0 Å². The summed E-state index contributed by atoms with van der Waals surface area (Å²) < 4.78 is 0. The smallest absolute Gasteiger partial charge is 0.259 e. The summed E-state index contributed by atoms with van der Waals surface area (Å²) in [7, 11) is 0. The number of amides is 1. The molecule has 0 saturated heterocycles. The van der Waals surface area contributed by atoms with Crippen molar-refractivity contribution in [3.05, 3.63) is 97.9 Å². The number of thioether (sulfide) groups is 1. The van der Waals surface area contributed by atoms with E-state index >= 15 is 0 Å². The third kappa shape index (κ3) is 4.95. The molecule has 0 spiro atoms. The zero-order valence-corrected chi connectivity index (χ0v) is 20.7. The lowest BCUT2D eigenvalue weighted by Crippen LogP contribution is -2.30. The van der Waals surface area contributed by atoms with Crippen LogP contribution in [0, 0.1) is 6.92 Å². The Morgan fingerprint density at radius 1 is 1.09 bits per heavy atom. The van der Waals surface area contributed by atoms with Crippen LogP contribution in [0.4, 0.5) is 0 Å². The number of hydrogen-bond acceptors (Lipinski definition) is 5. The number of carbonyl (C=O) groups is 1. The zero-order valence-electron chi connectivity index (χ0n) is 19.1. The Balaban J connectivity index is 1.26. The number of benzene rings is 2. The topological polar surface area (TPSA) is 74.8 Å². The van der Waals surface area contributed by atoms with Crippen molar-refractivity contribution in [1.29, 1.82) is 0 Å². The first-order chi connectivity index (χ1) is 16.6. The van der Waals surface area contributed by atoms with E-state index < -0.39 is 0 Å². The second-order valence-electron chi connectivity index (χ2n) is 8.72. The Labute approximate surface area is 207 Å². The molecule has 5 rings (SSSR count). The summed E-state index contributed by atoms with van der Waals surface area (Å²) in [5.41, 5.74) is 4.42. The van der Waals surface area contributed by atoms with E-state index in [4.69, 9.17) is 4.98 Å². The highest BCUT2D eigenvalue weighted by molar-refractivity contribution is 7.99. The van der Waals surface area contributed by atoms with Crippen molar-refractivity contribution >= 4 is 39.2 Å². The molecule has 0 radical (unpaired) electrons. The van der Waals surface area contributed by atoms with Gasteiger partial charge in [0, 0.05) is 4.88 Å². The van der Waals surface area contributed by atoms with Gasteiger partial charge in [0.15, 0.2) is 0 Å². The van der Waals surface area contributed by atoms with Crippen LogP contribution in [0.1, 0.15) is 51.8 Å². The molecule has 1 amide bonds. The lowest BCUT2D eigenvalue weighted by Gasteiger charge is -2.20. The fourth-order valence-corrected chi connectivity index (χ4v) is 6.47. The number of thiophene rings is 1. The Morgan fingerprint density at radius 3 is 2.62 bits per heavy atom. The van der Waals surface area contributed by atoms with E-state index in [0.29, 0.717) is 11.6 Å². The molecule has 2 heterocycles. The molecular weight excluding hydrogens is 462 g/mol. The molecule has 1 aliphatic rings. The predicted octanol–water partition coefficient (Wildman–Crippen LogP) is 5.31. The van der Waals surface area contributed by atoms with E-state index in [-0.39, 0.29) is 23.3 Å². The molecule has 174 valence electrons. The van der Waals surface area contributed by atoms with Crippen LogP contribution in [-0.2, 0) is 23.4 Å². The number of aromatic nitrogens is 2. The van der Waals surface area contributed by atoms with Gasteiger partial charge in [0.1, 0.15) is 10.7 Å². The van der Waals surface area contributed by atoms with Gasteiger partial charge in [-0.1, -0.05) is 60.2 Å². The molecule has 0 aliphatic heterocycles. The summed E-state index contributed by atoms with van der Waals surface area (Å²) in [6.45, 7) is 2.05. The molecule has 2 aromatic heterocycles. The third-order valence-corrected chi connectivity index (χ3v) is 8.32. The Bertz CT molecular complexity index is 1360. The second kappa shape index (κ2) is 10.2. The third-order valence-electron chi connectivity index (χ3n) is 6.19. The van der Waals surface area contributed by atoms with Gasteiger partial charge < -0.3 is 10.3 Å². The molecule has 1 atom stereocenters. The Morgan fingerprint density at radius 2 is 1.82 bits per heavy atom. The number of aromatic amines is 1. The van der Waals surface area contributed by atoms with Gasteiger partial charge in [-0.2, -0.15) is 0 Å². The van der Waals surface area contributed by atoms with Crippen LogP contribution in [0.5, 0.6) is 0 Å². The fraction of sp³-hybridized carbons (Fsp3) is 0.296. The summed E-state index contributed by atoms with van der Waals surface area (Å²) >= 11 is 3.11. The minimum atomic E-state index is -0.207. The molecule has 4 aromatic rings. The molecule has 1 unspecified atom stereocenters. The van der Waals surface area contributed by atoms with Gasteiger partial charge in [-0.15, -0.1) is 23.1 Å². The van der Waals surface area contributed by atoms with Gasteiger partial charge in [-0.25, -0.2) is 4.98 Å². The number of rotatable bonds is 7. The highest BCUT2D eigenvalue weighted by Gasteiger charge is 2.20. The van der Waals surface area contributed by atoms with Gasteiger partial charge in [0.05, 0.1) is 22.9 Å². The number of nitrogens with zero attached hydrogens (tertiary/aromatic N) is 1. The van der Waals surface area contributed by atoms with E-state index in [1.807, 2.05) is 30.3 Å². The molecule has 34 heavy (non-hydrogen) atoms. The van der Waals surface area contributed by atoms with E-state index in [2.05, 4.69) is 41.5 Å². The Kier molecular flexibility index (Phi) is 6.83. The first-order valence-electron chi connectivity index (χ1n) is 11.6. The van der Waals surface area contributed by atoms with Crippen LogP contribution in [0.2, 0.25) is 0 Å². The molecule has 0 bridgehead atoms. The average Bonchev–Trinajstić information content (AvgIpc) is 3.23. The second-order valence-corrected chi connectivity index (χ2v) is 10.8. The minimum absolute atomic E-state index is 0.0468. The average molecular weight is 490 g/mol. The van der Waals surface area contributed by atoms with Gasteiger partial charge in [0.2, 0.25) is 5.91 Å². The lowest BCUT2D eigenvalue weighted by atomic mass is 9.97. The quantitative estimate of drug-likeness (QED) is 0.369. The first-order valence-corrected chi connectivity index (χ1v) is 13.6. The molecule has 7 heteroatoms. The maximum absolute atomic E-state index is 12.8. The SMILES string of the molecule is Cc1ccc(C(NC(=O)CSCc2nc3sc4c(c3c(=O)[nH]2)CCCC4)c2ccccc2)cc1. The number of carbonyl (C=O) groups excluding carboxylic acids is 1. The lowest BCUT2D eigenvalue weighted by molar-refractivity contribution is -0.119. The van der Waals surface area contributed by atoms with Gasteiger partial charge in [-0.3, -0.25) is 9.59 Å². The molecule has 0 saturated carbocycles. The summed E-state index contributed by atoms with van der Waals surface area (Å²) in [5.74, 6) is 1.36. The summed E-state index contributed by atoms with van der Waals surface area (Å²) in [4.78, 5) is 35.4. The van der Waals surface area contributed by atoms with Gasteiger partial charge in [-0.05, 0) is 49.3 Å². The van der Waals surface area contributed by atoms with Crippen LogP contribution in [0.25, 0.3) is 10.2 Å². The summed E-state index contributed by atoms with van der Waals surface area (Å²) in [6.07, 6.45) is 4.33. The van der Waals surface area contributed by atoms with Crippen LogP contribution >= 0.6 is 23.1 Å². The molecule has 5 nitrogen and oxygen atoms in total. The standard InChI is InChI=1S/C27H27N3O2S2/c1-17-11-13-19(14-12-17)25(18-7-3-2-4-8-18)30-23(31)16-33-15-22-28-26(32)24-20-9-5-6-10-21(20)34-27(24)29-22/h2-4,7-8,11-14,25H,5-6,9-10,15-16H2,1H3,(H,30,31)(H,28,29,32). The largest absolute Gasteiger partial charge is 0.344 e. The molecule has 2 aromatic carbocycles. The number of hydrogen-bond donors (Lipinski definition) is 2. The van der Waals surface area contributed by atoms with E-state index in [1.165, 1.54) is 34.2 Å². The van der Waals surface area contributed by atoms with Crippen LogP contribution in [0.3, 0.4) is 0 Å². The monoisotopic (exact) mass is 489 g/mol. The minimum Gasteiger partial charge on any atom is -0.344 e. The number of aryl methyl sites for hydroxylation is 3. The normalized spacial score (nSPS) is 14.0. The number of fused-ring (bicyclic) bond motifs is 3. The van der Waals surface area contributed by atoms with Crippen molar-refractivity contribution in [2.45, 2.75) is 44.4 Å². The van der Waals surface area contributed by atoms with Crippen molar-refractivity contribution in [2.75, 3.05) is 5.75 Å². The van der Waals surface area contributed by atoms with Crippen LogP contribution in [0.15, 0.2) is 59.4 Å². The maximum atomic E-state index is 12.8. The van der Waals surface area contributed by atoms with Crippen molar-refractivity contribution < 1.29 is 4.79 Å². The van der Waals surface area contributed by atoms with E-state index in [9.17, 15) is 9.59 Å². The van der Waals surface area contributed by atoms with Crippen molar-refractivity contribution in [3.8, 4) is 0 Å². The van der Waals surface area contributed by atoms with Gasteiger partial charge in [0.25, 0.3) is 5.56 Å². The molecule has 1 aliphatic carbocycles. The van der Waals surface area contributed by atoms with Gasteiger partial charge >= 0.3 is 0 Å². The van der Waals surface area contributed by atoms with Crippen molar-refractivity contribution in [1.82, 2.24) is 15.3 Å². The molecule has 0 fully saturated rings. The Hall–Kier alpha value is -2.90. The fourth-order valence-electron chi connectivity index (χ4n) is 4.48. The summed E-state index contributed by atoms with van der Waals surface area (Å²) in [6, 6.07) is 18.0. The van der Waals surface area contributed by atoms with E-state index in [0.717, 1.165) is 40.6 Å². The zero-order chi connectivity index (χ0) is 23.5. The molecule has 2 N–H and O–H groups in total. The maximum Gasteiger partial charge on any atom is 0.259 e. The highest BCUT2D eigenvalue weighted by Crippen LogP contribution is 2.33. The highest BCUT2D eigenvalue weighted by atomic mass is 32.2. The molecular formula is C27H27N3O2S2. The van der Waals surface area contributed by atoms with Crippen molar-refractivity contribution in [3.63, 3.8) is 0 Å². The van der Waals surface area contributed by atoms with E-state index in [1.54, 1.807) is 11.3 Å². The first kappa shape index (κ1) is 22.9.